The summed E-state index contributed by atoms with van der Waals surface area (Å²) < 4.78 is 0. The molecule has 192 valence electrons. The zero-order chi connectivity index (χ0) is 25.6. The van der Waals surface area contributed by atoms with E-state index >= 15 is 0 Å². The van der Waals surface area contributed by atoms with Crippen LogP contribution in [-0.2, 0) is 10.2 Å². The molecule has 1 saturated carbocycles. The number of carbonyl (C=O) groups excluding carboxylic acids is 1. The van der Waals surface area contributed by atoms with Gasteiger partial charge in [-0.25, -0.2) is 0 Å². The Kier molecular flexibility index (Phi) is 6.17. The topological polar surface area (TPSA) is 80.5 Å². The lowest BCUT2D eigenvalue weighted by Gasteiger charge is -2.39. The standard InChI is InChI=1S/C31H36N4O2/c1-22-7-6-11-28(33-22)30(20-32)13-15-34(16-14-30)19-23-17-24-8-4-5-12-31(24)21-35(29(37)25(31)18-23)26-9-2-3-10-27(26)36/h4-8,11-12,17-18,25-27,36H,2-3,9-10,13-16,19,21H2,1H3/t25?,26-,27-,31?/m0/s1. The number of pyridine rings is 1. The van der Waals surface area contributed by atoms with Gasteiger partial charge in [0.25, 0.3) is 0 Å². The summed E-state index contributed by atoms with van der Waals surface area (Å²) in [5.74, 6) is -0.0704. The highest BCUT2D eigenvalue weighted by Gasteiger charge is 2.55. The van der Waals surface area contributed by atoms with Gasteiger partial charge < -0.3 is 10.0 Å². The van der Waals surface area contributed by atoms with Crippen LogP contribution in [0.15, 0.2) is 65.8 Å². The number of aromatic nitrogens is 1. The molecule has 3 heterocycles. The molecule has 3 fully saturated rings. The number of hydrogen-bond donors (Lipinski definition) is 1. The molecule has 2 aliphatic heterocycles. The molecule has 3 aliphatic carbocycles. The third-order valence-electron chi connectivity index (χ3n) is 9.38. The van der Waals surface area contributed by atoms with Crippen molar-refractivity contribution in [2.45, 2.75) is 63.0 Å². The summed E-state index contributed by atoms with van der Waals surface area (Å²) in [6.45, 7) is 5.04. The van der Waals surface area contributed by atoms with Crippen LogP contribution >= 0.6 is 0 Å². The molecule has 2 unspecified atom stereocenters. The maximum absolute atomic E-state index is 13.8. The molecule has 37 heavy (non-hydrogen) atoms. The van der Waals surface area contributed by atoms with E-state index in [0.29, 0.717) is 6.54 Å². The van der Waals surface area contributed by atoms with Gasteiger partial charge in [0.1, 0.15) is 5.41 Å². The van der Waals surface area contributed by atoms with Crippen molar-refractivity contribution in [1.82, 2.24) is 14.8 Å². The van der Waals surface area contributed by atoms with Gasteiger partial charge in [-0.3, -0.25) is 14.7 Å². The van der Waals surface area contributed by atoms with Crippen molar-refractivity contribution < 1.29 is 9.90 Å². The zero-order valence-corrected chi connectivity index (χ0v) is 21.6. The maximum atomic E-state index is 13.8. The first-order chi connectivity index (χ1) is 17.9. The van der Waals surface area contributed by atoms with E-state index in [2.05, 4.69) is 52.4 Å². The molecule has 0 aromatic carbocycles. The van der Waals surface area contributed by atoms with Crippen molar-refractivity contribution in [3.8, 4) is 6.07 Å². The van der Waals surface area contributed by atoms with Crippen molar-refractivity contribution in [1.29, 1.82) is 5.26 Å². The van der Waals surface area contributed by atoms with Crippen LogP contribution < -0.4 is 0 Å². The number of allylic oxidation sites excluding steroid dienone is 3. The average Bonchev–Trinajstić information content (AvgIpc) is 3.20. The lowest BCUT2D eigenvalue weighted by molar-refractivity contribution is -0.135. The largest absolute Gasteiger partial charge is 0.391 e. The lowest BCUT2D eigenvalue weighted by atomic mass is 9.66. The summed E-state index contributed by atoms with van der Waals surface area (Å²) in [6.07, 6.45) is 17.8. The van der Waals surface area contributed by atoms with Gasteiger partial charge in [0.15, 0.2) is 0 Å². The molecule has 1 spiro atoms. The summed E-state index contributed by atoms with van der Waals surface area (Å²) >= 11 is 0. The predicted octanol–water partition coefficient (Wildman–Crippen LogP) is 3.99. The van der Waals surface area contributed by atoms with Crippen LogP contribution in [0.1, 0.15) is 49.9 Å². The molecule has 1 N–H and O–H groups in total. The van der Waals surface area contributed by atoms with Gasteiger partial charge in [-0.15, -0.1) is 0 Å². The molecule has 1 aromatic heterocycles. The quantitative estimate of drug-likeness (QED) is 0.682. The molecule has 6 nitrogen and oxygen atoms in total. The molecule has 0 radical (unpaired) electrons. The van der Waals surface area contributed by atoms with E-state index in [1.165, 1.54) is 11.1 Å². The van der Waals surface area contributed by atoms with E-state index in [4.69, 9.17) is 0 Å². The normalized spacial score (nSPS) is 32.8. The maximum Gasteiger partial charge on any atom is 0.231 e. The summed E-state index contributed by atoms with van der Waals surface area (Å²) in [6, 6.07) is 8.48. The Hall–Kier alpha value is -3.01. The third kappa shape index (κ3) is 4.09. The number of aliphatic hydroxyl groups is 1. The van der Waals surface area contributed by atoms with Crippen molar-refractivity contribution in [3.05, 3.63) is 77.2 Å². The molecule has 6 rings (SSSR count). The molecular weight excluding hydrogens is 460 g/mol. The molecule has 6 heteroatoms. The van der Waals surface area contributed by atoms with E-state index in [-0.39, 0.29) is 23.3 Å². The minimum absolute atomic E-state index is 0.0740. The Labute approximate surface area is 219 Å². The predicted molar refractivity (Wildman–Crippen MR) is 142 cm³/mol. The number of hydrogen-bond acceptors (Lipinski definition) is 5. The molecule has 5 aliphatic rings. The van der Waals surface area contributed by atoms with Crippen LogP contribution in [0.2, 0.25) is 0 Å². The van der Waals surface area contributed by atoms with Crippen molar-refractivity contribution in [2.75, 3.05) is 26.2 Å². The Bertz CT molecular complexity index is 1250. The Balaban J connectivity index is 1.21. The molecule has 1 amide bonds. The number of amides is 1. The monoisotopic (exact) mass is 496 g/mol. The first-order valence-electron chi connectivity index (χ1n) is 13.8. The second-order valence-corrected chi connectivity index (χ2v) is 11.6. The number of aliphatic hydroxyl groups excluding tert-OH is 1. The first kappa shape index (κ1) is 24.3. The fourth-order valence-corrected chi connectivity index (χ4v) is 7.21. The summed E-state index contributed by atoms with van der Waals surface area (Å²) in [5.41, 5.74) is 3.35. The van der Waals surface area contributed by atoms with Gasteiger partial charge in [-0.05, 0) is 55.9 Å². The summed E-state index contributed by atoms with van der Waals surface area (Å²) in [7, 11) is 0. The van der Waals surface area contributed by atoms with Crippen molar-refractivity contribution in [2.24, 2.45) is 11.3 Å². The van der Waals surface area contributed by atoms with Crippen LogP contribution in [0.25, 0.3) is 0 Å². The minimum atomic E-state index is -0.531. The van der Waals surface area contributed by atoms with Crippen LogP contribution in [0.5, 0.6) is 0 Å². The highest BCUT2D eigenvalue weighted by atomic mass is 16.3. The number of aryl methyl sites for hydroxylation is 1. The second kappa shape index (κ2) is 9.38. The van der Waals surface area contributed by atoms with Gasteiger partial charge in [0.05, 0.1) is 29.8 Å². The fraction of sp³-hybridized carbons (Fsp3) is 0.516. The van der Waals surface area contributed by atoms with E-state index in [0.717, 1.165) is 69.5 Å². The van der Waals surface area contributed by atoms with E-state index in [9.17, 15) is 15.2 Å². The molecule has 4 atom stereocenters. The van der Waals surface area contributed by atoms with E-state index < -0.39 is 11.5 Å². The SMILES string of the molecule is Cc1cccc(C2(C#N)CCN(CC3=CC4C(=O)N([C@H]5CCCC[C@@H]5O)CC45C=CC=CC5=C3)CC2)n1. The van der Waals surface area contributed by atoms with Crippen LogP contribution in [0.4, 0.5) is 0 Å². The number of nitrogens with zero attached hydrogens (tertiary/aromatic N) is 4. The first-order valence-corrected chi connectivity index (χ1v) is 13.8. The summed E-state index contributed by atoms with van der Waals surface area (Å²) in [5, 5.41) is 20.8. The number of likely N-dealkylation sites (tertiary alicyclic amines) is 2. The van der Waals surface area contributed by atoms with Crippen molar-refractivity contribution >= 4 is 5.91 Å². The van der Waals surface area contributed by atoms with Crippen LogP contribution in [0.3, 0.4) is 0 Å². The zero-order valence-electron chi connectivity index (χ0n) is 21.6. The Morgan fingerprint density at radius 3 is 2.76 bits per heavy atom. The number of rotatable bonds is 4. The molecule has 2 saturated heterocycles. The number of carbonyl (C=O) groups is 1. The van der Waals surface area contributed by atoms with Gasteiger partial charge in [0, 0.05) is 37.3 Å². The van der Waals surface area contributed by atoms with Gasteiger partial charge in [-0.2, -0.15) is 5.26 Å². The molecule has 0 bridgehead atoms. The Morgan fingerprint density at radius 2 is 2.00 bits per heavy atom. The summed E-state index contributed by atoms with van der Waals surface area (Å²) in [4.78, 5) is 22.9. The number of nitriles is 1. The minimum Gasteiger partial charge on any atom is -0.391 e. The average molecular weight is 497 g/mol. The fourth-order valence-electron chi connectivity index (χ4n) is 7.21. The van der Waals surface area contributed by atoms with Gasteiger partial charge in [-0.1, -0.05) is 55.4 Å². The third-order valence-corrected chi connectivity index (χ3v) is 9.38. The smallest absolute Gasteiger partial charge is 0.231 e. The second-order valence-electron chi connectivity index (χ2n) is 11.6. The van der Waals surface area contributed by atoms with Crippen molar-refractivity contribution in [3.63, 3.8) is 0 Å². The lowest BCUT2D eigenvalue weighted by Crippen LogP contribution is -2.47. The van der Waals surface area contributed by atoms with E-state index in [1.807, 2.05) is 30.0 Å². The molecular formula is C31H36N4O2. The van der Waals surface area contributed by atoms with E-state index in [1.54, 1.807) is 0 Å². The Morgan fingerprint density at radius 1 is 1.19 bits per heavy atom. The highest BCUT2D eigenvalue weighted by Crippen LogP contribution is 2.51. The number of piperidine rings is 1. The molecule has 1 aromatic rings. The van der Waals surface area contributed by atoms with Crippen LogP contribution in [-0.4, -0.2) is 64.1 Å². The van der Waals surface area contributed by atoms with Gasteiger partial charge in [0.2, 0.25) is 5.91 Å². The van der Waals surface area contributed by atoms with Gasteiger partial charge >= 0.3 is 0 Å². The highest BCUT2D eigenvalue weighted by molar-refractivity contribution is 5.87. The van der Waals surface area contributed by atoms with Crippen LogP contribution in [0, 0.1) is 29.6 Å².